The number of hydrogen-bond acceptors (Lipinski definition) is 6. The predicted molar refractivity (Wildman–Crippen MR) is 133 cm³/mol. The molecule has 0 aliphatic carbocycles. The minimum atomic E-state index is -4.68. The van der Waals surface area contributed by atoms with Crippen LogP contribution in [-0.2, 0) is 27.5 Å². The zero-order valence-electron chi connectivity index (χ0n) is 20.0. The average Bonchev–Trinajstić information content (AvgIpc) is 3.24. The van der Waals surface area contributed by atoms with E-state index in [2.05, 4.69) is 20.7 Å². The number of alkyl halides is 3. The SMILES string of the molecule is CN(C)S(=O)(=O)c1cccc(NC(=O)Cn2cc3cc(NC(=O)c4cccc(C(F)(F)F)n4)ccc3n2)c1. The van der Waals surface area contributed by atoms with Crippen molar-refractivity contribution in [3.63, 3.8) is 0 Å². The van der Waals surface area contributed by atoms with Crippen molar-refractivity contribution < 1.29 is 31.2 Å². The lowest BCUT2D eigenvalue weighted by Crippen LogP contribution is -2.23. The Bertz CT molecular complexity index is 1630. The van der Waals surface area contributed by atoms with Crippen LogP contribution in [0.15, 0.2) is 71.8 Å². The van der Waals surface area contributed by atoms with Gasteiger partial charge in [0.1, 0.15) is 17.9 Å². The van der Waals surface area contributed by atoms with Gasteiger partial charge in [-0.1, -0.05) is 12.1 Å². The normalized spacial score (nSPS) is 12.1. The molecule has 0 atom stereocenters. The molecular weight excluding hydrogens is 525 g/mol. The van der Waals surface area contributed by atoms with Crippen molar-refractivity contribution in [1.29, 1.82) is 0 Å². The summed E-state index contributed by atoms with van der Waals surface area (Å²) in [6.45, 7) is -0.185. The number of carbonyl (C=O) groups is 2. The lowest BCUT2D eigenvalue weighted by atomic mass is 10.2. The van der Waals surface area contributed by atoms with Crippen molar-refractivity contribution in [1.82, 2.24) is 19.1 Å². The number of sulfonamides is 1. The Morgan fingerprint density at radius 3 is 2.39 bits per heavy atom. The zero-order valence-corrected chi connectivity index (χ0v) is 20.8. The zero-order chi connectivity index (χ0) is 27.7. The quantitative estimate of drug-likeness (QED) is 0.365. The molecule has 2 heterocycles. The fourth-order valence-corrected chi connectivity index (χ4v) is 4.39. The molecule has 4 rings (SSSR count). The van der Waals surface area contributed by atoms with Gasteiger partial charge >= 0.3 is 6.18 Å². The molecule has 0 aliphatic rings. The van der Waals surface area contributed by atoms with Gasteiger partial charge in [-0.25, -0.2) is 17.7 Å². The fourth-order valence-electron chi connectivity index (χ4n) is 3.44. The fraction of sp³-hybridized carbons (Fsp3) is 0.167. The first-order chi connectivity index (χ1) is 17.8. The van der Waals surface area contributed by atoms with Crippen LogP contribution >= 0.6 is 0 Å². The van der Waals surface area contributed by atoms with E-state index >= 15 is 0 Å². The molecule has 10 nitrogen and oxygen atoms in total. The topological polar surface area (TPSA) is 126 Å². The summed E-state index contributed by atoms with van der Waals surface area (Å²) >= 11 is 0. The van der Waals surface area contributed by atoms with Crippen molar-refractivity contribution >= 4 is 44.1 Å². The first kappa shape index (κ1) is 26.8. The molecule has 0 spiro atoms. The van der Waals surface area contributed by atoms with Gasteiger partial charge in [0.05, 0.1) is 10.4 Å². The van der Waals surface area contributed by atoms with Gasteiger partial charge in [-0.05, 0) is 48.5 Å². The molecule has 0 saturated heterocycles. The third-order valence-electron chi connectivity index (χ3n) is 5.28. The number of fused-ring (bicyclic) bond motifs is 1. The summed E-state index contributed by atoms with van der Waals surface area (Å²) in [7, 11) is -0.861. The van der Waals surface area contributed by atoms with E-state index < -0.39 is 39.4 Å². The maximum Gasteiger partial charge on any atom is 0.433 e. The molecule has 0 unspecified atom stereocenters. The van der Waals surface area contributed by atoms with E-state index in [1.165, 1.54) is 49.1 Å². The lowest BCUT2D eigenvalue weighted by molar-refractivity contribution is -0.141. The van der Waals surface area contributed by atoms with Crippen molar-refractivity contribution in [3.8, 4) is 0 Å². The number of rotatable bonds is 7. The van der Waals surface area contributed by atoms with Crippen LogP contribution in [0.3, 0.4) is 0 Å². The second-order valence-corrected chi connectivity index (χ2v) is 10.5. The van der Waals surface area contributed by atoms with Crippen LogP contribution in [0.2, 0.25) is 0 Å². The van der Waals surface area contributed by atoms with Gasteiger partial charge in [0, 0.05) is 37.1 Å². The number of nitrogens with one attached hydrogen (secondary N) is 2. The third kappa shape index (κ3) is 5.98. The number of hydrogen-bond donors (Lipinski definition) is 2. The van der Waals surface area contributed by atoms with Gasteiger partial charge in [-0.15, -0.1) is 0 Å². The van der Waals surface area contributed by atoms with E-state index in [0.29, 0.717) is 22.3 Å². The Labute approximate surface area is 215 Å². The molecule has 2 amide bonds. The predicted octanol–water partition coefficient (Wildman–Crippen LogP) is 3.59. The van der Waals surface area contributed by atoms with Crippen molar-refractivity contribution in [2.45, 2.75) is 17.6 Å². The molecule has 2 N–H and O–H groups in total. The van der Waals surface area contributed by atoms with E-state index in [0.717, 1.165) is 16.4 Å². The molecule has 2 aromatic heterocycles. The number of halogens is 3. The molecule has 198 valence electrons. The monoisotopic (exact) mass is 546 g/mol. The number of nitrogens with zero attached hydrogens (tertiary/aromatic N) is 4. The van der Waals surface area contributed by atoms with E-state index in [4.69, 9.17) is 0 Å². The van der Waals surface area contributed by atoms with Crippen LogP contribution in [0.4, 0.5) is 24.5 Å². The van der Waals surface area contributed by atoms with Crippen LogP contribution in [-0.4, -0.2) is 53.4 Å². The molecule has 14 heteroatoms. The highest BCUT2D eigenvalue weighted by Crippen LogP contribution is 2.27. The van der Waals surface area contributed by atoms with Crippen LogP contribution in [0, 0.1) is 0 Å². The number of anilines is 2. The third-order valence-corrected chi connectivity index (χ3v) is 7.09. The summed E-state index contributed by atoms with van der Waals surface area (Å²) < 4.78 is 65.7. The summed E-state index contributed by atoms with van der Waals surface area (Å²) in [6, 6.07) is 13.5. The van der Waals surface area contributed by atoms with Gasteiger partial charge in [0.15, 0.2) is 0 Å². The van der Waals surface area contributed by atoms with Gasteiger partial charge in [-0.2, -0.15) is 18.3 Å². The Balaban J connectivity index is 1.45. The second kappa shape index (κ2) is 10.2. The Morgan fingerprint density at radius 2 is 1.68 bits per heavy atom. The largest absolute Gasteiger partial charge is 0.433 e. The maximum atomic E-state index is 12.9. The number of aromatic nitrogens is 3. The highest BCUT2D eigenvalue weighted by atomic mass is 32.2. The Kier molecular flexibility index (Phi) is 7.20. The molecule has 38 heavy (non-hydrogen) atoms. The number of amides is 2. The van der Waals surface area contributed by atoms with Gasteiger partial charge < -0.3 is 10.6 Å². The van der Waals surface area contributed by atoms with Gasteiger partial charge in [0.25, 0.3) is 5.91 Å². The van der Waals surface area contributed by atoms with E-state index in [1.54, 1.807) is 24.4 Å². The minimum Gasteiger partial charge on any atom is -0.324 e. The summed E-state index contributed by atoms with van der Waals surface area (Å²) in [5.41, 5.74) is -0.472. The van der Waals surface area contributed by atoms with Crippen molar-refractivity contribution in [3.05, 3.63) is 78.2 Å². The van der Waals surface area contributed by atoms with Gasteiger partial charge in [0.2, 0.25) is 15.9 Å². The first-order valence-corrected chi connectivity index (χ1v) is 12.4. The lowest BCUT2D eigenvalue weighted by Gasteiger charge is -2.12. The maximum absolute atomic E-state index is 12.9. The number of pyridine rings is 1. The second-order valence-electron chi connectivity index (χ2n) is 8.32. The van der Waals surface area contributed by atoms with E-state index in [-0.39, 0.29) is 11.4 Å². The van der Waals surface area contributed by atoms with Crippen LogP contribution < -0.4 is 10.6 Å². The number of carbonyl (C=O) groups excluding carboxylic acids is 2. The summed E-state index contributed by atoms with van der Waals surface area (Å²) in [6.07, 6.45) is -3.12. The van der Waals surface area contributed by atoms with E-state index in [1.807, 2.05) is 0 Å². The molecular formula is C24H21F3N6O4S. The minimum absolute atomic E-state index is 0.0278. The summed E-state index contributed by atoms with van der Waals surface area (Å²) in [4.78, 5) is 28.4. The smallest absolute Gasteiger partial charge is 0.324 e. The average molecular weight is 547 g/mol. The molecule has 0 radical (unpaired) electrons. The van der Waals surface area contributed by atoms with E-state index in [9.17, 15) is 31.2 Å². The highest BCUT2D eigenvalue weighted by molar-refractivity contribution is 7.89. The highest BCUT2D eigenvalue weighted by Gasteiger charge is 2.33. The molecule has 0 aliphatic heterocycles. The first-order valence-electron chi connectivity index (χ1n) is 11.0. The Hall–Kier alpha value is -4.30. The molecule has 0 saturated carbocycles. The Morgan fingerprint density at radius 1 is 0.974 bits per heavy atom. The number of benzene rings is 2. The van der Waals surface area contributed by atoms with Crippen LogP contribution in [0.25, 0.3) is 10.9 Å². The standard InChI is InChI=1S/C24H21F3N6O4S/c1-32(2)38(36,37)18-6-3-5-16(12-18)28-22(34)14-33-13-15-11-17(9-10-19(15)31-33)29-23(35)20-7-4-8-21(30-20)24(25,26)27/h3-13H,14H2,1-2H3,(H,28,34)(H,29,35). The van der Waals surface area contributed by atoms with Crippen molar-refractivity contribution in [2.24, 2.45) is 0 Å². The van der Waals surface area contributed by atoms with Crippen LogP contribution in [0.5, 0.6) is 0 Å². The summed E-state index contributed by atoms with van der Waals surface area (Å²) in [5.74, 6) is -1.28. The molecule has 4 aromatic rings. The molecule has 2 aromatic carbocycles. The van der Waals surface area contributed by atoms with Crippen molar-refractivity contribution in [2.75, 3.05) is 24.7 Å². The van der Waals surface area contributed by atoms with Crippen LogP contribution in [0.1, 0.15) is 16.2 Å². The molecule has 0 fully saturated rings. The molecule has 0 bridgehead atoms. The summed E-state index contributed by atoms with van der Waals surface area (Å²) in [5, 5.41) is 9.99. The van der Waals surface area contributed by atoms with Gasteiger partial charge in [-0.3, -0.25) is 14.3 Å².